The Morgan fingerprint density at radius 3 is 2.10 bits per heavy atom. The monoisotopic (exact) mass is 284 g/mol. The number of esters is 2. The van der Waals surface area contributed by atoms with Crippen LogP contribution >= 0.6 is 0 Å². The fraction of sp³-hybridized carbons (Fsp3) is 0.615. The van der Waals surface area contributed by atoms with E-state index in [1.54, 1.807) is 13.8 Å². The fourth-order valence-electron chi connectivity index (χ4n) is 1.37. The molecule has 2 amide bonds. The van der Waals surface area contributed by atoms with E-state index in [2.05, 4.69) is 10.6 Å². The highest BCUT2D eigenvalue weighted by atomic mass is 16.6. The number of ether oxygens (including phenoxy) is 2. The van der Waals surface area contributed by atoms with Crippen LogP contribution in [-0.4, -0.2) is 37.7 Å². The van der Waals surface area contributed by atoms with Crippen LogP contribution in [0.5, 0.6) is 0 Å². The average Bonchev–Trinajstić information content (AvgIpc) is 3.21. The van der Waals surface area contributed by atoms with Crippen LogP contribution in [0.15, 0.2) is 11.8 Å². The predicted molar refractivity (Wildman–Crippen MR) is 70.6 cm³/mol. The van der Waals surface area contributed by atoms with E-state index in [1.165, 1.54) is 0 Å². The molecule has 0 atom stereocenters. The van der Waals surface area contributed by atoms with Gasteiger partial charge in [-0.1, -0.05) is 0 Å². The minimum Gasteiger partial charge on any atom is -0.462 e. The van der Waals surface area contributed by atoms with E-state index in [0.29, 0.717) is 12.5 Å². The lowest BCUT2D eigenvalue weighted by atomic mass is 10.3. The molecular formula is C13H20N2O5. The third-order valence-electron chi connectivity index (χ3n) is 2.59. The topological polar surface area (TPSA) is 93.7 Å². The van der Waals surface area contributed by atoms with Gasteiger partial charge in [-0.15, -0.1) is 0 Å². The second-order valence-corrected chi connectivity index (χ2v) is 4.30. The van der Waals surface area contributed by atoms with Crippen LogP contribution in [0, 0.1) is 5.92 Å². The molecule has 7 nitrogen and oxygen atoms in total. The number of amides is 2. The molecule has 0 spiro atoms. The van der Waals surface area contributed by atoms with Crippen molar-refractivity contribution in [3.8, 4) is 0 Å². The first-order valence-electron chi connectivity index (χ1n) is 6.67. The second-order valence-electron chi connectivity index (χ2n) is 4.30. The van der Waals surface area contributed by atoms with Crippen molar-refractivity contribution in [2.24, 2.45) is 5.92 Å². The highest BCUT2D eigenvalue weighted by molar-refractivity contribution is 6.14. The molecule has 0 unspecified atom stereocenters. The Hall–Kier alpha value is -2.05. The Morgan fingerprint density at radius 2 is 1.65 bits per heavy atom. The number of carbonyl (C=O) groups is 3. The summed E-state index contributed by atoms with van der Waals surface area (Å²) in [6.45, 7) is 4.09. The van der Waals surface area contributed by atoms with Crippen molar-refractivity contribution in [1.29, 1.82) is 0 Å². The first-order chi connectivity index (χ1) is 9.58. The number of urea groups is 1. The Labute approximate surface area is 117 Å². The molecular weight excluding hydrogens is 264 g/mol. The summed E-state index contributed by atoms with van der Waals surface area (Å²) in [4.78, 5) is 34.6. The maximum atomic E-state index is 11.6. The number of hydrogen-bond donors (Lipinski definition) is 2. The Bertz CT molecular complexity index is 382. The highest BCUT2D eigenvalue weighted by Gasteiger charge is 2.23. The first kappa shape index (κ1) is 16.0. The summed E-state index contributed by atoms with van der Waals surface area (Å²) in [5, 5.41) is 4.97. The van der Waals surface area contributed by atoms with Crippen molar-refractivity contribution < 1.29 is 23.9 Å². The van der Waals surface area contributed by atoms with Crippen molar-refractivity contribution in [3.63, 3.8) is 0 Å². The Kier molecular flexibility index (Phi) is 6.55. The Balaban J connectivity index is 2.54. The van der Waals surface area contributed by atoms with Gasteiger partial charge in [0.15, 0.2) is 5.57 Å². The number of hydrogen-bond acceptors (Lipinski definition) is 5. The molecule has 1 aliphatic rings. The van der Waals surface area contributed by atoms with Crippen LogP contribution in [0.3, 0.4) is 0 Å². The standard InChI is InChI=1S/C13H20N2O5/c1-3-19-11(16)10(12(17)20-4-2)8-15-13(18)14-7-9-5-6-9/h8-9H,3-7H2,1-2H3,(H2,14,15,18). The van der Waals surface area contributed by atoms with E-state index in [1.807, 2.05) is 0 Å². The van der Waals surface area contributed by atoms with E-state index in [9.17, 15) is 14.4 Å². The van der Waals surface area contributed by atoms with Gasteiger partial charge in [0, 0.05) is 12.7 Å². The van der Waals surface area contributed by atoms with Gasteiger partial charge in [-0.2, -0.15) is 0 Å². The van der Waals surface area contributed by atoms with Gasteiger partial charge in [-0.05, 0) is 32.6 Å². The summed E-state index contributed by atoms with van der Waals surface area (Å²) in [6.07, 6.45) is 3.25. The van der Waals surface area contributed by atoms with E-state index in [-0.39, 0.29) is 18.8 Å². The summed E-state index contributed by atoms with van der Waals surface area (Å²) in [5.74, 6) is -1.11. The van der Waals surface area contributed by atoms with Crippen molar-refractivity contribution in [2.45, 2.75) is 26.7 Å². The van der Waals surface area contributed by atoms with Crippen LogP contribution in [0.4, 0.5) is 4.79 Å². The van der Waals surface area contributed by atoms with Gasteiger partial charge in [0.1, 0.15) is 0 Å². The molecule has 0 aromatic rings. The van der Waals surface area contributed by atoms with Gasteiger partial charge in [-0.25, -0.2) is 14.4 Å². The zero-order valence-corrected chi connectivity index (χ0v) is 11.7. The molecule has 7 heteroatoms. The molecule has 0 saturated heterocycles. The van der Waals surface area contributed by atoms with Crippen LogP contribution in [-0.2, 0) is 19.1 Å². The van der Waals surface area contributed by atoms with Gasteiger partial charge in [0.2, 0.25) is 0 Å². The normalized spacial score (nSPS) is 13.1. The zero-order chi connectivity index (χ0) is 15.0. The molecule has 112 valence electrons. The first-order valence-corrected chi connectivity index (χ1v) is 6.67. The lowest BCUT2D eigenvalue weighted by molar-refractivity contribution is -0.146. The quantitative estimate of drug-likeness (QED) is 0.311. The van der Waals surface area contributed by atoms with Crippen molar-refractivity contribution in [3.05, 3.63) is 11.8 Å². The third kappa shape index (κ3) is 5.73. The average molecular weight is 284 g/mol. The second kappa shape index (κ2) is 8.19. The molecule has 0 aliphatic heterocycles. The summed E-state index contributed by atoms with van der Waals surface area (Å²) in [5.41, 5.74) is -0.338. The smallest absolute Gasteiger partial charge is 0.347 e. The molecule has 20 heavy (non-hydrogen) atoms. The molecule has 0 heterocycles. The van der Waals surface area contributed by atoms with Crippen LogP contribution in [0.2, 0.25) is 0 Å². The Morgan fingerprint density at radius 1 is 1.10 bits per heavy atom. The van der Waals surface area contributed by atoms with Crippen molar-refractivity contribution in [2.75, 3.05) is 19.8 Å². The molecule has 1 saturated carbocycles. The van der Waals surface area contributed by atoms with Gasteiger partial charge >= 0.3 is 18.0 Å². The third-order valence-corrected chi connectivity index (χ3v) is 2.59. The van der Waals surface area contributed by atoms with E-state index in [4.69, 9.17) is 9.47 Å². The number of nitrogens with one attached hydrogen (secondary N) is 2. The van der Waals surface area contributed by atoms with Gasteiger partial charge < -0.3 is 20.1 Å². The molecule has 1 fully saturated rings. The molecule has 0 bridgehead atoms. The molecule has 2 N–H and O–H groups in total. The van der Waals surface area contributed by atoms with Gasteiger partial charge in [0.25, 0.3) is 0 Å². The molecule has 0 aromatic heterocycles. The van der Waals surface area contributed by atoms with Gasteiger partial charge in [-0.3, -0.25) is 0 Å². The number of rotatable bonds is 7. The molecule has 0 aromatic carbocycles. The van der Waals surface area contributed by atoms with Crippen molar-refractivity contribution >= 4 is 18.0 Å². The maximum Gasteiger partial charge on any atom is 0.347 e. The van der Waals surface area contributed by atoms with E-state index in [0.717, 1.165) is 19.0 Å². The van der Waals surface area contributed by atoms with Crippen LogP contribution in [0.25, 0.3) is 0 Å². The summed E-state index contributed by atoms with van der Waals surface area (Å²) < 4.78 is 9.46. The molecule has 1 aliphatic carbocycles. The minimum atomic E-state index is -0.826. The maximum absolute atomic E-state index is 11.6. The molecule has 0 radical (unpaired) electrons. The van der Waals surface area contributed by atoms with E-state index < -0.39 is 18.0 Å². The largest absolute Gasteiger partial charge is 0.462 e. The summed E-state index contributed by atoms with van der Waals surface area (Å²) in [6, 6.07) is -0.469. The van der Waals surface area contributed by atoms with E-state index >= 15 is 0 Å². The number of carbonyl (C=O) groups excluding carboxylic acids is 3. The fourth-order valence-corrected chi connectivity index (χ4v) is 1.37. The van der Waals surface area contributed by atoms with Crippen LogP contribution < -0.4 is 10.6 Å². The lowest BCUT2D eigenvalue weighted by Gasteiger charge is -2.07. The van der Waals surface area contributed by atoms with Gasteiger partial charge in [0.05, 0.1) is 13.2 Å². The summed E-state index contributed by atoms with van der Waals surface area (Å²) >= 11 is 0. The SMILES string of the molecule is CCOC(=O)C(=CNC(=O)NCC1CC1)C(=O)OCC. The molecule has 1 rings (SSSR count). The minimum absolute atomic E-state index is 0.128. The summed E-state index contributed by atoms with van der Waals surface area (Å²) in [7, 11) is 0. The lowest BCUT2D eigenvalue weighted by Crippen LogP contribution is -2.34. The van der Waals surface area contributed by atoms with Crippen molar-refractivity contribution in [1.82, 2.24) is 10.6 Å². The van der Waals surface area contributed by atoms with Crippen LogP contribution in [0.1, 0.15) is 26.7 Å². The highest BCUT2D eigenvalue weighted by Crippen LogP contribution is 2.27. The zero-order valence-electron chi connectivity index (χ0n) is 11.7. The predicted octanol–water partition coefficient (Wildman–Crippen LogP) is 0.706.